The van der Waals surface area contributed by atoms with Crippen molar-refractivity contribution >= 4 is 17.6 Å². The summed E-state index contributed by atoms with van der Waals surface area (Å²) in [6.07, 6.45) is 0.437. The molecule has 3 N–H and O–H groups in total. The topological polar surface area (TPSA) is 62.4 Å². The maximum absolute atomic E-state index is 11.5. The quantitative estimate of drug-likeness (QED) is 0.245. The SMILES string of the molecule is C=C(CCCl)C(=O)OCC(NC)(NC)NC. The van der Waals surface area contributed by atoms with Gasteiger partial charge in [-0.25, -0.2) is 4.79 Å². The van der Waals surface area contributed by atoms with E-state index in [1.807, 2.05) is 0 Å². The molecule has 94 valence electrons. The van der Waals surface area contributed by atoms with Crippen LogP contribution in [-0.4, -0.2) is 45.4 Å². The van der Waals surface area contributed by atoms with Crippen molar-refractivity contribution in [3.8, 4) is 0 Å². The molecule has 0 saturated heterocycles. The monoisotopic (exact) mass is 249 g/mol. The molecule has 0 saturated carbocycles. The van der Waals surface area contributed by atoms with Crippen LogP contribution in [0.15, 0.2) is 12.2 Å². The van der Waals surface area contributed by atoms with Crippen LogP contribution in [0.4, 0.5) is 0 Å². The summed E-state index contributed by atoms with van der Waals surface area (Å²) < 4.78 is 5.11. The van der Waals surface area contributed by atoms with Crippen LogP contribution < -0.4 is 16.0 Å². The van der Waals surface area contributed by atoms with Gasteiger partial charge in [0.2, 0.25) is 0 Å². The number of rotatable bonds is 8. The number of hydrogen-bond acceptors (Lipinski definition) is 5. The molecule has 6 heteroatoms. The van der Waals surface area contributed by atoms with E-state index in [0.29, 0.717) is 17.9 Å². The zero-order valence-corrected chi connectivity index (χ0v) is 10.8. The van der Waals surface area contributed by atoms with Gasteiger partial charge in [0.15, 0.2) is 5.79 Å². The zero-order valence-electron chi connectivity index (χ0n) is 10.0. The van der Waals surface area contributed by atoms with Crippen LogP contribution >= 0.6 is 11.6 Å². The van der Waals surface area contributed by atoms with Crippen molar-refractivity contribution in [2.75, 3.05) is 33.6 Å². The van der Waals surface area contributed by atoms with E-state index in [0.717, 1.165) is 0 Å². The van der Waals surface area contributed by atoms with Gasteiger partial charge in [0.05, 0.1) is 0 Å². The third-order valence-corrected chi connectivity index (χ3v) is 2.57. The molecular formula is C10H20ClN3O2. The van der Waals surface area contributed by atoms with Crippen LogP contribution in [-0.2, 0) is 9.53 Å². The molecule has 0 aliphatic carbocycles. The molecule has 0 bridgehead atoms. The summed E-state index contributed by atoms with van der Waals surface area (Å²) in [6.45, 7) is 3.75. The Kier molecular flexibility index (Phi) is 7.33. The second kappa shape index (κ2) is 7.62. The molecule has 0 fully saturated rings. The second-order valence-electron chi connectivity index (χ2n) is 3.27. The minimum atomic E-state index is -0.628. The third-order valence-electron chi connectivity index (χ3n) is 2.39. The molecule has 0 radical (unpaired) electrons. The van der Waals surface area contributed by atoms with E-state index < -0.39 is 11.8 Å². The highest BCUT2D eigenvalue weighted by atomic mass is 35.5. The first kappa shape index (κ1) is 15.4. The van der Waals surface area contributed by atoms with Gasteiger partial charge in [-0.2, -0.15) is 0 Å². The maximum atomic E-state index is 11.5. The maximum Gasteiger partial charge on any atom is 0.333 e. The summed E-state index contributed by atoms with van der Waals surface area (Å²) in [5.41, 5.74) is 0.382. The number of esters is 1. The molecule has 0 aliphatic heterocycles. The molecule has 0 aromatic carbocycles. The lowest BCUT2D eigenvalue weighted by Crippen LogP contribution is -2.66. The van der Waals surface area contributed by atoms with E-state index in [4.69, 9.17) is 16.3 Å². The minimum absolute atomic E-state index is 0.149. The molecule has 5 nitrogen and oxygen atoms in total. The highest BCUT2D eigenvalue weighted by Gasteiger charge is 2.25. The van der Waals surface area contributed by atoms with Crippen LogP contribution in [0.5, 0.6) is 0 Å². The first-order valence-corrected chi connectivity index (χ1v) is 5.56. The van der Waals surface area contributed by atoms with Crippen LogP contribution in [0.1, 0.15) is 6.42 Å². The van der Waals surface area contributed by atoms with Crippen LogP contribution in [0.3, 0.4) is 0 Å². The Bertz CT molecular complexity index is 234. The molecule has 0 amide bonds. The summed E-state index contributed by atoms with van der Waals surface area (Å²) in [4.78, 5) is 11.5. The van der Waals surface area contributed by atoms with Crippen molar-refractivity contribution in [2.24, 2.45) is 0 Å². The standard InChI is InChI=1S/C10H20ClN3O2/c1-8(5-6-11)9(15)16-7-10(12-2,13-3)14-4/h12-14H,1,5-7H2,2-4H3. The number of alkyl halides is 1. The molecule has 0 spiro atoms. The fourth-order valence-electron chi connectivity index (χ4n) is 1.08. The Hall–Kier alpha value is -0.620. The predicted molar refractivity (Wildman–Crippen MR) is 65.3 cm³/mol. The number of halogens is 1. The van der Waals surface area contributed by atoms with Gasteiger partial charge < -0.3 is 4.74 Å². The van der Waals surface area contributed by atoms with E-state index >= 15 is 0 Å². The molecule has 0 aromatic heterocycles. The molecular weight excluding hydrogens is 230 g/mol. The van der Waals surface area contributed by atoms with Crippen molar-refractivity contribution in [1.82, 2.24) is 16.0 Å². The number of carbonyl (C=O) groups excluding carboxylic acids is 1. The molecule has 0 heterocycles. The van der Waals surface area contributed by atoms with Gasteiger partial charge in [0.1, 0.15) is 6.61 Å². The Morgan fingerprint density at radius 2 is 1.81 bits per heavy atom. The number of nitrogens with one attached hydrogen (secondary N) is 3. The number of ether oxygens (including phenoxy) is 1. The van der Waals surface area contributed by atoms with Crippen molar-refractivity contribution in [1.29, 1.82) is 0 Å². The summed E-state index contributed by atoms with van der Waals surface area (Å²) in [5, 5.41) is 8.96. The third kappa shape index (κ3) is 4.49. The van der Waals surface area contributed by atoms with Crippen LogP contribution in [0.25, 0.3) is 0 Å². The zero-order chi connectivity index (χ0) is 12.6. The average Bonchev–Trinajstić information content (AvgIpc) is 2.31. The van der Waals surface area contributed by atoms with E-state index in [1.54, 1.807) is 21.1 Å². The Morgan fingerprint density at radius 3 is 2.19 bits per heavy atom. The first-order valence-electron chi connectivity index (χ1n) is 5.02. The minimum Gasteiger partial charge on any atom is -0.457 e. The summed E-state index contributed by atoms with van der Waals surface area (Å²) >= 11 is 5.51. The second-order valence-corrected chi connectivity index (χ2v) is 3.65. The molecule has 0 unspecified atom stereocenters. The Morgan fingerprint density at radius 1 is 1.31 bits per heavy atom. The molecule has 0 aromatic rings. The lowest BCUT2D eigenvalue weighted by Gasteiger charge is -2.32. The van der Waals surface area contributed by atoms with Gasteiger partial charge in [-0.3, -0.25) is 16.0 Å². The van der Waals surface area contributed by atoms with E-state index in [2.05, 4.69) is 22.5 Å². The largest absolute Gasteiger partial charge is 0.457 e. The van der Waals surface area contributed by atoms with Gasteiger partial charge in [-0.05, 0) is 27.6 Å². The summed E-state index contributed by atoms with van der Waals surface area (Å²) in [7, 11) is 5.28. The number of hydrogen-bond donors (Lipinski definition) is 3. The summed E-state index contributed by atoms with van der Waals surface area (Å²) in [6, 6.07) is 0. The molecule has 0 rings (SSSR count). The van der Waals surface area contributed by atoms with Crippen molar-refractivity contribution in [3.63, 3.8) is 0 Å². The lowest BCUT2D eigenvalue weighted by molar-refractivity contribution is -0.142. The highest BCUT2D eigenvalue weighted by molar-refractivity contribution is 6.18. The lowest BCUT2D eigenvalue weighted by atomic mass is 10.2. The fraction of sp³-hybridized carbons (Fsp3) is 0.700. The predicted octanol–water partition coefficient (Wildman–Crippen LogP) is 0.0267. The van der Waals surface area contributed by atoms with Gasteiger partial charge in [0.25, 0.3) is 0 Å². The van der Waals surface area contributed by atoms with E-state index in [-0.39, 0.29) is 6.61 Å². The van der Waals surface area contributed by atoms with Gasteiger partial charge in [0, 0.05) is 11.5 Å². The number of carbonyl (C=O) groups is 1. The van der Waals surface area contributed by atoms with Crippen LogP contribution in [0.2, 0.25) is 0 Å². The summed E-state index contributed by atoms with van der Waals surface area (Å²) in [5.74, 6) is -0.689. The first-order chi connectivity index (χ1) is 7.55. The molecule has 0 aliphatic rings. The molecule has 0 atom stereocenters. The number of likely N-dealkylation sites (N-methyl/N-ethyl adjacent to an activating group) is 3. The van der Waals surface area contributed by atoms with Gasteiger partial charge in [-0.1, -0.05) is 6.58 Å². The van der Waals surface area contributed by atoms with Gasteiger partial charge in [-0.15, -0.1) is 11.6 Å². The van der Waals surface area contributed by atoms with E-state index in [1.165, 1.54) is 0 Å². The normalized spacial score (nSPS) is 11.2. The van der Waals surface area contributed by atoms with Crippen molar-refractivity contribution in [2.45, 2.75) is 12.2 Å². The van der Waals surface area contributed by atoms with Crippen molar-refractivity contribution in [3.05, 3.63) is 12.2 Å². The highest BCUT2D eigenvalue weighted by Crippen LogP contribution is 2.04. The van der Waals surface area contributed by atoms with Crippen LogP contribution in [0, 0.1) is 0 Å². The van der Waals surface area contributed by atoms with E-state index in [9.17, 15) is 4.79 Å². The van der Waals surface area contributed by atoms with Gasteiger partial charge >= 0.3 is 5.97 Å². The Balaban J connectivity index is 4.21. The smallest absolute Gasteiger partial charge is 0.333 e. The average molecular weight is 250 g/mol. The van der Waals surface area contributed by atoms with Crippen molar-refractivity contribution < 1.29 is 9.53 Å². The Labute approximate surface area is 102 Å². The fourth-order valence-corrected chi connectivity index (χ4v) is 1.31. The molecule has 16 heavy (non-hydrogen) atoms.